The van der Waals surface area contributed by atoms with E-state index in [0.29, 0.717) is 16.6 Å². The summed E-state index contributed by atoms with van der Waals surface area (Å²) in [7, 11) is 1.96. The van der Waals surface area contributed by atoms with Crippen molar-refractivity contribution < 1.29 is 0 Å². The SMILES string of the molecule is CCCn1ccnc(N(C)CC2CC(Br)C2)c1=O. The molecule has 0 saturated heterocycles. The van der Waals surface area contributed by atoms with Crippen LogP contribution < -0.4 is 10.5 Å². The first-order valence-electron chi connectivity index (χ1n) is 6.52. The van der Waals surface area contributed by atoms with Gasteiger partial charge in [-0.1, -0.05) is 22.9 Å². The molecule has 1 saturated carbocycles. The smallest absolute Gasteiger partial charge is 0.293 e. The Morgan fingerprint density at radius 3 is 2.89 bits per heavy atom. The Hall–Kier alpha value is -0.840. The van der Waals surface area contributed by atoms with Crippen LogP contribution in [0.25, 0.3) is 0 Å². The van der Waals surface area contributed by atoms with Gasteiger partial charge in [0.15, 0.2) is 5.82 Å². The molecule has 1 aromatic heterocycles. The summed E-state index contributed by atoms with van der Waals surface area (Å²) in [6.07, 6.45) is 6.83. The van der Waals surface area contributed by atoms with E-state index in [2.05, 4.69) is 27.8 Å². The molecular formula is C13H20BrN3O. The van der Waals surface area contributed by atoms with Crippen molar-refractivity contribution in [1.29, 1.82) is 0 Å². The van der Waals surface area contributed by atoms with E-state index in [-0.39, 0.29) is 5.56 Å². The fourth-order valence-electron chi connectivity index (χ4n) is 2.39. The zero-order valence-electron chi connectivity index (χ0n) is 11.0. The zero-order valence-corrected chi connectivity index (χ0v) is 12.6. The van der Waals surface area contributed by atoms with Gasteiger partial charge in [-0.15, -0.1) is 0 Å². The Balaban J connectivity index is 2.07. The van der Waals surface area contributed by atoms with Crippen LogP contribution in [0.2, 0.25) is 0 Å². The largest absolute Gasteiger partial charge is 0.355 e. The lowest BCUT2D eigenvalue weighted by Gasteiger charge is -2.34. The van der Waals surface area contributed by atoms with Crippen molar-refractivity contribution in [3.8, 4) is 0 Å². The first-order chi connectivity index (χ1) is 8.61. The second kappa shape index (κ2) is 5.87. The Morgan fingerprint density at radius 1 is 1.56 bits per heavy atom. The van der Waals surface area contributed by atoms with Gasteiger partial charge in [0.1, 0.15) is 0 Å². The van der Waals surface area contributed by atoms with Gasteiger partial charge in [-0.05, 0) is 25.2 Å². The molecule has 0 spiro atoms. The maximum atomic E-state index is 12.2. The number of aromatic nitrogens is 2. The molecule has 0 atom stereocenters. The van der Waals surface area contributed by atoms with Gasteiger partial charge in [-0.3, -0.25) is 4.79 Å². The van der Waals surface area contributed by atoms with Crippen LogP contribution in [0.3, 0.4) is 0 Å². The highest BCUT2D eigenvalue weighted by atomic mass is 79.9. The van der Waals surface area contributed by atoms with Crippen molar-refractivity contribution in [2.45, 2.75) is 37.6 Å². The van der Waals surface area contributed by atoms with E-state index in [4.69, 9.17) is 0 Å². The van der Waals surface area contributed by atoms with Crippen LogP contribution >= 0.6 is 15.9 Å². The second-order valence-electron chi connectivity index (χ2n) is 5.06. The monoisotopic (exact) mass is 313 g/mol. The molecule has 0 unspecified atom stereocenters. The second-order valence-corrected chi connectivity index (χ2v) is 6.36. The standard InChI is InChI=1S/C13H20BrN3O/c1-3-5-17-6-4-15-12(13(17)18)16(2)9-10-7-11(14)8-10/h4,6,10-11H,3,5,7-9H2,1-2H3. The van der Waals surface area contributed by atoms with Crippen molar-refractivity contribution >= 4 is 21.7 Å². The van der Waals surface area contributed by atoms with Gasteiger partial charge in [-0.2, -0.15) is 0 Å². The number of hydrogen-bond acceptors (Lipinski definition) is 3. The van der Waals surface area contributed by atoms with Gasteiger partial charge < -0.3 is 9.47 Å². The van der Waals surface area contributed by atoms with Gasteiger partial charge in [0.05, 0.1) is 0 Å². The van der Waals surface area contributed by atoms with Crippen molar-refractivity contribution in [1.82, 2.24) is 9.55 Å². The van der Waals surface area contributed by atoms with E-state index in [0.717, 1.165) is 19.5 Å². The number of anilines is 1. The van der Waals surface area contributed by atoms with E-state index in [1.807, 2.05) is 11.9 Å². The molecule has 5 heteroatoms. The minimum atomic E-state index is 0.0246. The molecular weight excluding hydrogens is 294 g/mol. The molecule has 0 amide bonds. The number of nitrogens with zero attached hydrogens (tertiary/aromatic N) is 3. The summed E-state index contributed by atoms with van der Waals surface area (Å²) in [6.45, 7) is 3.75. The van der Waals surface area contributed by atoms with Crippen LogP contribution in [-0.4, -0.2) is 28.0 Å². The number of halogens is 1. The van der Waals surface area contributed by atoms with Crippen molar-refractivity contribution in [2.75, 3.05) is 18.5 Å². The van der Waals surface area contributed by atoms with Crippen LogP contribution in [0.5, 0.6) is 0 Å². The number of alkyl halides is 1. The van der Waals surface area contributed by atoms with E-state index in [1.165, 1.54) is 12.8 Å². The Morgan fingerprint density at radius 2 is 2.28 bits per heavy atom. The highest BCUT2D eigenvalue weighted by Gasteiger charge is 2.28. The Labute approximate surface area is 116 Å². The third-order valence-corrected chi connectivity index (χ3v) is 4.18. The van der Waals surface area contributed by atoms with Gasteiger partial charge >= 0.3 is 0 Å². The molecule has 1 aliphatic rings. The fourth-order valence-corrected chi connectivity index (χ4v) is 3.45. The van der Waals surface area contributed by atoms with Gasteiger partial charge in [0.25, 0.3) is 5.56 Å². The topological polar surface area (TPSA) is 38.1 Å². The number of aryl methyl sites for hydroxylation is 1. The quantitative estimate of drug-likeness (QED) is 0.783. The molecule has 0 aromatic carbocycles. The molecule has 0 radical (unpaired) electrons. The first-order valence-corrected chi connectivity index (χ1v) is 7.44. The normalized spacial score (nSPS) is 22.6. The van der Waals surface area contributed by atoms with Crippen molar-refractivity contribution in [3.63, 3.8) is 0 Å². The molecule has 100 valence electrons. The molecule has 1 fully saturated rings. The highest BCUT2D eigenvalue weighted by Crippen LogP contribution is 2.33. The van der Waals surface area contributed by atoms with Gasteiger partial charge in [0.2, 0.25) is 0 Å². The Bertz CT molecular complexity index is 454. The fraction of sp³-hybridized carbons (Fsp3) is 0.692. The molecule has 1 aliphatic carbocycles. The van der Waals surface area contributed by atoms with Crippen molar-refractivity contribution in [3.05, 3.63) is 22.7 Å². The molecule has 0 aliphatic heterocycles. The predicted octanol–water partition coefficient (Wildman–Crippen LogP) is 2.26. The minimum Gasteiger partial charge on any atom is -0.355 e. The molecule has 1 heterocycles. The van der Waals surface area contributed by atoms with E-state index < -0.39 is 0 Å². The lowest BCUT2D eigenvalue weighted by atomic mass is 9.85. The van der Waals surface area contributed by atoms with E-state index in [1.54, 1.807) is 17.0 Å². The highest BCUT2D eigenvalue weighted by molar-refractivity contribution is 9.09. The van der Waals surface area contributed by atoms with Crippen LogP contribution in [0, 0.1) is 5.92 Å². The molecule has 0 N–H and O–H groups in total. The summed E-state index contributed by atoms with van der Waals surface area (Å²) in [6, 6.07) is 0. The number of rotatable bonds is 5. The maximum Gasteiger partial charge on any atom is 0.293 e. The summed E-state index contributed by atoms with van der Waals surface area (Å²) in [4.78, 5) is 19.1. The summed E-state index contributed by atoms with van der Waals surface area (Å²) in [5, 5.41) is 0. The maximum absolute atomic E-state index is 12.2. The Kier molecular flexibility index (Phi) is 4.43. The van der Waals surface area contributed by atoms with Crippen LogP contribution in [0.1, 0.15) is 26.2 Å². The average Bonchev–Trinajstić information content (AvgIpc) is 2.30. The summed E-state index contributed by atoms with van der Waals surface area (Å²) in [5.74, 6) is 1.25. The van der Waals surface area contributed by atoms with Gasteiger partial charge in [0, 0.05) is 37.4 Å². The molecule has 2 rings (SSSR count). The molecule has 18 heavy (non-hydrogen) atoms. The number of hydrogen-bond donors (Lipinski definition) is 0. The first kappa shape index (κ1) is 13.6. The summed E-state index contributed by atoms with van der Waals surface area (Å²) < 4.78 is 1.74. The molecule has 1 aromatic rings. The predicted molar refractivity (Wildman–Crippen MR) is 77.5 cm³/mol. The van der Waals surface area contributed by atoms with Crippen LogP contribution in [-0.2, 0) is 6.54 Å². The molecule has 4 nitrogen and oxygen atoms in total. The van der Waals surface area contributed by atoms with Crippen LogP contribution in [0.15, 0.2) is 17.2 Å². The lowest BCUT2D eigenvalue weighted by molar-refractivity contribution is 0.338. The average molecular weight is 314 g/mol. The van der Waals surface area contributed by atoms with E-state index >= 15 is 0 Å². The van der Waals surface area contributed by atoms with Gasteiger partial charge in [-0.25, -0.2) is 4.98 Å². The lowest BCUT2D eigenvalue weighted by Crippen LogP contribution is -2.38. The third-order valence-electron chi connectivity index (χ3n) is 3.43. The van der Waals surface area contributed by atoms with E-state index in [9.17, 15) is 4.79 Å². The summed E-state index contributed by atoms with van der Waals surface area (Å²) in [5.41, 5.74) is 0.0246. The van der Waals surface area contributed by atoms with Crippen LogP contribution in [0.4, 0.5) is 5.82 Å². The molecule has 0 bridgehead atoms. The minimum absolute atomic E-state index is 0.0246. The summed E-state index contributed by atoms with van der Waals surface area (Å²) >= 11 is 3.59. The zero-order chi connectivity index (χ0) is 13.1. The third kappa shape index (κ3) is 2.94. The van der Waals surface area contributed by atoms with Crippen molar-refractivity contribution in [2.24, 2.45) is 5.92 Å².